The molecule has 0 aliphatic carbocycles. The highest BCUT2D eigenvalue weighted by Crippen LogP contribution is 2.32. The van der Waals surface area contributed by atoms with Crippen LogP contribution in [0.4, 0.5) is 20.4 Å². The molecule has 4 aromatic heterocycles. The number of carbonyl (C=O) groups excluding carboxylic acids is 4. The highest BCUT2D eigenvalue weighted by atomic mass is 19.1. The number of aryl methyl sites for hydroxylation is 5. The predicted octanol–water partition coefficient (Wildman–Crippen LogP) is 10.5. The van der Waals surface area contributed by atoms with Crippen molar-refractivity contribution in [2.24, 2.45) is 0 Å². The molecule has 0 bridgehead atoms. The molecule has 6 aromatic rings. The summed E-state index contributed by atoms with van der Waals surface area (Å²) in [6, 6.07) is 14.3. The van der Waals surface area contributed by atoms with E-state index in [4.69, 9.17) is 43.5 Å². The van der Waals surface area contributed by atoms with Gasteiger partial charge in [0.2, 0.25) is 0 Å². The number of nitrogens with one attached hydrogen (secondary N) is 3. The van der Waals surface area contributed by atoms with Crippen LogP contribution < -0.4 is 25.4 Å². The minimum absolute atomic E-state index is 0.0378. The number of hydrogen-bond donors (Lipinski definition) is 3. The number of rotatable bonds is 24. The number of fused-ring (bicyclic) bond motifs is 2. The zero-order chi connectivity index (χ0) is 60.7. The lowest BCUT2D eigenvalue weighted by atomic mass is 9.89. The zero-order valence-electron chi connectivity index (χ0n) is 50.3. The molecular weight excluding hydrogens is 1080 g/mol. The molecule has 19 nitrogen and oxygen atoms in total. The van der Waals surface area contributed by atoms with Gasteiger partial charge in [0.15, 0.2) is 28.9 Å². The summed E-state index contributed by atoms with van der Waals surface area (Å²) in [5.74, 6) is -1.40. The molecule has 0 spiro atoms. The van der Waals surface area contributed by atoms with Crippen molar-refractivity contribution in [2.45, 2.75) is 163 Å². The topological polar surface area (TPSA) is 221 Å². The second-order valence-electron chi connectivity index (χ2n) is 22.8. The van der Waals surface area contributed by atoms with Crippen LogP contribution in [-0.4, -0.2) is 105 Å². The molecule has 2 aromatic carbocycles. The number of methoxy groups -OCH3 is 2. The second-order valence-corrected chi connectivity index (χ2v) is 22.8. The standard InChI is InChI=1S/C32H41FN4O5.C31H40FN5O5/c1-7-41-30(39)16-23(21-10-11-29(40-6)26(33)14-21)15-28(38)25-18-37(36-27(25)19-42-32(3,4)5)17-24-13-22-9-8-12-34-31(22)35-20(24)2;1-6-41-28(38)17-25(21-10-12-27(40-5)24(32)16-21)35-30(39)23-18-37(36-26(23)19-42-31(2,3)4)15-13-22-11-9-20-8-7-14-33-29(20)34-22/h10-11,13-14,18,23H,7-9,12,15-17,19H2,1-6H3,(H,34,35);9-12,16,18,25H,6-8,13-15,17,19H2,1-5H3,(H,33,34)(H,35,39)/t23-;25-/m00/s1. The maximum atomic E-state index is 14.6. The van der Waals surface area contributed by atoms with Gasteiger partial charge in [0.05, 0.1) is 94.1 Å². The first kappa shape index (κ1) is 63.8. The van der Waals surface area contributed by atoms with Gasteiger partial charge >= 0.3 is 11.9 Å². The Morgan fingerprint density at radius 2 is 1.24 bits per heavy atom. The van der Waals surface area contributed by atoms with Crippen molar-refractivity contribution >= 4 is 35.3 Å². The predicted molar refractivity (Wildman–Crippen MR) is 313 cm³/mol. The average molecular weight is 1160 g/mol. The van der Waals surface area contributed by atoms with Crippen molar-refractivity contribution in [3.63, 3.8) is 0 Å². The van der Waals surface area contributed by atoms with E-state index in [1.165, 1.54) is 49.6 Å². The Morgan fingerprint density at radius 3 is 1.85 bits per heavy atom. The minimum Gasteiger partial charge on any atom is -0.494 e. The van der Waals surface area contributed by atoms with E-state index in [1.54, 1.807) is 47.7 Å². The SMILES string of the molecule is CCOC(=O)C[C@H](CC(=O)c1cn(Cc2cc3c(nc2C)NCCC3)nc1COC(C)(C)C)c1ccc(OC)c(F)c1.CCOC(=O)C[C@H](NC(=O)c1cn(CCc2ccc3c(n2)NCCC3)nc1COC(C)(C)C)c1ccc(OC)c(F)c1. The molecule has 8 rings (SSSR count). The van der Waals surface area contributed by atoms with E-state index in [-0.39, 0.29) is 63.0 Å². The van der Waals surface area contributed by atoms with E-state index < -0.39 is 52.6 Å². The Hall–Kier alpha value is -7.78. The highest BCUT2D eigenvalue weighted by Gasteiger charge is 2.29. The smallest absolute Gasteiger partial charge is 0.308 e. The molecule has 0 saturated heterocycles. The van der Waals surface area contributed by atoms with Crippen molar-refractivity contribution in [2.75, 3.05) is 51.2 Å². The van der Waals surface area contributed by atoms with E-state index in [9.17, 15) is 28.0 Å². The van der Waals surface area contributed by atoms with Crippen molar-refractivity contribution in [3.8, 4) is 11.5 Å². The number of Topliss-reactive ketones (excluding diaryl/α,β-unsaturated/α-hetero) is 1. The number of esters is 2. The fraction of sp³-hybridized carbons (Fsp3) is 0.492. The van der Waals surface area contributed by atoms with Gasteiger partial charge in [-0.15, -0.1) is 0 Å². The molecule has 0 radical (unpaired) electrons. The first-order valence-electron chi connectivity index (χ1n) is 28.7. The molecule has 0 saturated carbocycles. The van der Waals surface area contributed by atoms with Gasteiger partial charge in [0.1, 0.15) is 17.3 Å². The summed E-state index contributed by atoms with van der Waals surface area (Å²) in [7, 11) is 2.75. The number of benzene rings is 2. The summed E-state index contributed by atoms with van der Waals surface area (Å²) in [6.07, 6.45) is 7.87. The molecule has 1 amide bonds. The number of amides is 1. The average Bonchev–Trinajstić information content (AvgIpc) is 3.85. The monoisotopic (exact) mass is 1160 g/mol. The Kier molecular flexibility index (Phi) is 22.1. The molecule has 0 fully saturated rings. The molecule has 21 heteroatoms. The van der Waals surface area contributed by atoms with Gasteiger partial charge in [-0.2, -0.15) is 10.2 Å². The quantitative estimate of drug-likeness (QED) is 0.0379. The van der Waals surface area contributed by atoms with E-state index in [0.29, 0.717) is 53.2 Å². The third-order valence-corrected chi connectivity index (χ3v) is 14.1. The summed E-state index contributed by atoms with van der Waals surface area (Å²) >= 11 is 0. The van der Waals surface area contributed by atoms with E-state index in [2.05, 4.69) is 33.2 Å². The van der Waals surface area contributed by atoms with Gasteiger partial charge in [-0.1, -0.05) is 18.2 Å². The highest BCUT2D eigenvalue weighted by molar-refractivity contribution is 5.98. The van der Waals surface area contributed by atoms with Crippen LogP contribution in [0.5, 0.6) is 11.5 Å². The van der Waals surface area contributed by atoms with Crippen LogP contribution in [0.25, 0.3) is 0 Å². The summed E-state index contributed by atoms with van der Waals surface area (Å²) < 4.78 is 64.9. The number of anilines is 2. The summed E-state index contributed by atoms with van der Waals surface area (Å²) in [6.45, 7) is 20.4. The number of carbonyl (C=O) groups is 4. The third-order valence-electron chi connectivity index (χ3n) is 14.1. The van der Waals surface area contributed by atoms with E-state index in [0.717, 1.165) is 67.4 Å². The van der Waals surface area contributed by atoms with Gasteiger partial charge in [0, 0.05) is 62.2 Å². The minimum atomic E-state index is -0.844. The molecule has 6 heterocycles. The third kappa shape index (κ3) is 18.1. The van der Waals surface area contributed by atoms with Crippen LogP contribution in [0.15, 0.2) is 67.0 Å². The Labute approximate surface area is 490 Å². The first-order chi connectivity index (χ1) is 40.0. The summed E-state index contributed by atoms with van der Waals surface area (Å²) in [5.41, 5.74) is 6.95. The molecule has 3 N–H and O–H groups in total. The Bertz CT molecular complexity index is 3260. The van der Waals surface area contributed by atoms with Crippen LogP contribution >= 0.6 is 0 Å². The summed E-state index contributed by atoms with van der Waals surface area (Å²) in [4.78, 5) is 61.9. The molecule has 84 heavy (non-hydrogen) atoms. The lowest BCUT2D eigenvalue weighted by Gasteiger charge is -2.20. The first-order valence-corrected chi connectivity index (χ1v) is 28.7. The zero-order valence-corrected chi connectivity index (χ0v) is 50.3. The lowest BCUT2D eigenvalue weighted by Crippen LogP contribution is -2.31. The van der Waals surface area contributed by atoms with Gasteiger partial charge < -0.3 is 44.4 Å². The van der Waals surface area contributed by atoms with Gasteiger partial charge in [-0.25, -0.2) is 18.7 Å². The van der Waals surface area contributed by atoms with Crippen LogP contribution in [0.1, 0.15) is 171 Å². The van der Waals surface area contributed by atoms with E-state index in [1.807, 2.05) is 54.5 Å². The van der Waals surface area contributed by atoms with Crippen molar-refractivity contribution in [1.82, 2.24) is 34.8 Å². The van der Waals surface area contributed by atoms with Crippen molar-refractivity contribution < 1.29 is 56.4 Å². The van der Waals surface area contributed by atoms with Gasteiger partial charge in [0.25, 0.3) is 5.91 Å². The van der Waals surface area contributed by atoms with Gasteiger partial charge in [-0.3, -0.25) is 28.5 Å². The number of ether oxygens (including phenoxy) is 6. The normalized spacial score (nSPS) is 13.6. The fourth-order valence-electron chi connectivity index (χ4n) is 9.69. The van der Waals surface area contributed by atoms with Crippen molar-refractivity contribution in [1.29, 1.82) is 0 Å². The van der Waals surface area contributed by atoms with Crippen LogP contribution in [0.3, 0.4) is 0 Å². The second kappa shape index (κ2) is 29.2. The fourth-order valence-corrected chi connectivity index (χ4v) is 9.69. The largest absolute Gasteiger partial charge is 0.494 e. The van der Waals surface area contributed by atoms with Crippen molar-refractivity contribution in [3.05, 3.63) is 140 Å². The molecular formula is C63H81F2N9O10. The van der Waals surface area contributed by atoms with E-state index >= 15 is 0 Å². The molecule has 2 aliphatic heterocycles. The molecule has 2 aliphatic rings. The van der Waals surface area contributed by atoms with Crippen LogP contribution in [0, 0.1) is 18.6 Å². The number of aromatic nitrogens is 6. The number of ketones is 1. The number of halogens is 2. The molecule has 0 unspecified atom stereocenters. The van der Waals surface area contributed by atoms with Crippen LogP contribution in [0.2, 0.25) is 0 Å². The van der Waals surface area contributed by atoms with Crippen LogP contribution in [-0.2, 0) is 74.1 Å². The maximum absolute atomic E-state index is 14.6. The van der Waals surface area contributed by atoms with Gasteiger partial charge in [-0.05, 0) is 152 Å². The summed E-state index contributed by atoms with van der Waals surface area (Å²) in [5, 5.41) is 19.0. The number of hydrogen-bond acceptors (Lipinski definition) is 16. The maximum Gasteiger partial charge on any atom is 0.308 e. The number of pyridine rings is 2. The Morgan fingerprint density at radius 1 is 0.679 bits per heavy atom. The molecule has 452 valence electrons. The number of nitrogens with zero attached hydrogens (tertiary/aromatic N) is 6. The lowest BCUT2D eigenvalue weighted by molar-refractivity contribution is -0.144. The Balaban J connectivity index is 0.000000241. The molecule has 2 atom stereocenters.